The molecule has 24 heavy (non-hydrogen) atoms. The van der Waals surface area contributed by atoms with Gasteiger partial charge in [-0.2, -0.15) is 0 Å². The Morgan fingerprint density at radius 2 is 1.79 bits per heavy atom. The topological polar surface area (TPSA) is 62.2 Å². The van der Waals surface area contributed by atoms with Crippen LogP contribution in [0.3, 0.4) is 0 Å². The molecule has 0 unspecified atom stereocenters. The summed E-state index contributed by atoms with van der Waals surface area (Å²) in [5.74, 6) is -0.317. The number of carbonyl (C=O) groups excluding carboxylic acids is 1. The maximum Gasteiger partial charge on any atom is 0.258 e. The SMILES string of the molecule is O=C(Nc1ccccc1O)c1cccnc1Sc1ccc(Cl)cc1. The number of halogens is 1. The van der Waals surface area contributed by atoms with Gasteiger partial charge in [0.15, 0.2) is 0 Å². The van der Waals surface area contributed by atoms with Gasteiger partial charge in [0.25, 0.3) is 5.91 Å². The van der Waals surface area contributed by atoms with E-state index in [1.807, 2.05) is 12.1 Å². The van der Waals surface area contributed by atoms with Crippen LogP contribution in [-0.2, 0) is 0 Å². The molecule has 0 spiro atoms. The number of rotatable bonds is 4. The molecule has 0 aliphatic rings. The molecule has 2 aromatic carbocycles. The molecule has 1 aromatic heterocycles. The summed E-state index contributed by atoms with van der Waals surface area (Å²) in [4.78, 5) is 17.7. The lowest BCUT2D eigenvalue weighted by Gasteiger charge is -2.10. The first kappa shape index (κ1) is 16.4. The largest absolute Gasteiger partial charge is 0.506 e. The minimum atomic E-state index is -0.332. The van der Waals surface area contributed by atoms with Crippen LogP contribution >= 0.6 is 23.4 Å². The Morgan fingerprint density at radius 3 is 2.54 bits per heavy atom. The van der Waals surface area contributed by atoms with E-state index < -0.39 is 0 Å². The van der Waals surface area contributed by atoms with Gasteiger partial charge in [-0.1, -0.05) is 35.5 Å². The lowest BCUT2D eigenvalue weighted by atomic mass is 10.2. The van der Waals surface area contributed by atoms with E-state index in [9.17, 15) is 9.90 Å². The second kappa shape index (κ2) is 7.38. The number of nitrogens with one attached hydrogen (secondary N) is 1. The number of nitrogens with zero attached hydrogens (tertiary/aromatic N) is 1. The predicted molar refractivity (Wildman–Crippen MR) is 95.9 cm³/mol. The number of benzene rings is 2. The molecule has 0 atom stereocenters. The number of aromatic hydroxyl groups is 1. The third kappa shape index (κ3) is 3.88. The lowest BCUT2D eigenvalue weighted by molar-refractivity contribution is 0.102. The van der Waals surface area contributed by atoms with Gasteiger partial charge < -0.3 is 10.4 Å². The van der Waals surface area contributed by atoms with Crippen molar-refractivity contribution in [2.24, 2.45) is 0 Å². The van der Waals surface area contributed by atoms with Crippen molar-refractivity contribution in [3.8, 4) is 5.75 Å². The lowest BCUT2D eigenvalue weighted by Crippen LogP contribution is -2.13. The molecular formula is C18H13ClN2O2S. The molecule has 1 amide bonds. The van der Waals surface area contributed by atoms with Crippen LogP contribution in [0.1, 0.15) is 10.4 Å². The van der Waals surface area contributed by atoms with Crippen molar-refractivity contribution in [2.45, 2.75) is 9.92 Å². The minimum absolute atomic E-state index is 0.0154. The van der Waals surface area contributed by atoms with Crippen molar-refractivity contribution < 1.29 is 9.90 Å². The Hall–Kier alpha value is -2.50. The molecule has 6 heteroatoms. The summed E-state index contributed by atoms with van der Waals surface area (Å²) in [7, 11) is 0. The third-order valence-corrected chi connectivity index (χ3v) is 4.47. The average molecular weight is 357 g/mol. The predicted octanol–water partition coefficient (Wildman–Crippen LogP) is 4.84. The first-order valence-electron chi connectivity index (χ1n) is 7.11. The Bertz CT molecular complexity index is 869. The monoisotopic (exact) mass is 356 g/mol. The van der Waals surface area contributed by atoms with E-state index in [0.717, 1.165) is 4.90 Å². The zero-order valence-electron chi connectivity index (χ0n) is 12.4. The number of hydrogen-bond donors (Lipinski definition) is 2. The molecule has 2 N–H and O–H groups in total. The molecule has 120 valence electrons. The Labute approximate surface area is 148 Å². The Morgan fingerprint density at radius 1 is 1.04 bits per heavy atom. The molecular weight excluding hydrogens is 344 g/mol. The van der Waals surface area contributed by atoms with Crippen LogP contribution in [0, 0.1) is 0 Å². The van der Waals surface area contributed by atoms with Gasteiger partial charge in [-0.15, -0.1) is 0 Å². The van der Waals surface area contributed by atoms with Crippen molar-refractivity contribution in [2.75, 3.05) is 5.32 Å². The molecule has 1 heterocycles. The van der Waals surface area contributed by atoms with E-state index in [1.54, 1.807) is 48.7 Å². The summed E-state index contributed by atoms with van der Waals surface area (Å²) in [6.45, 7) is 0. The summed E-state index contributed by atoms with van der Waals surface area (Å²) in [5, 5.41) is 13.7. The summed E-state index contributed by atoms with van der Waals surface area (Å²) >= 11 is 7.26. The Kier molecular flexibility index (Phi) is 5.03. The van der Waals surface area contributed by atoms with Gasteiger partial charge in [0, 0.05) is 16.1 Å². The fraction of sp³-hybridized carbons (Fsp3) is 0. The number of para-hydroxylation sites is 2. The zero-order chi connectivity index (χ0) is 16.9. The number of hydrogen-bond acceptors (Lipinski definition) is 4. The van der Waals surface area contributed by atoms with Crippen LogP contribution in [0.15, 0.2) is 76.8 Å². The maximum absolute atomic E-state index is 12.5. The summed E-state index contributed by atoms with van der Waals surface area (Å²) < 4.78 is 0. The average Bonchev–Trinajstić information content (AvgIpc) is 2.59. The van der Waals surface area contributed by atoms with E-state index in [0.29, 0.717) is 21.3 Å². The van der Waals surface area contributed by atoms with Gasteiger partial charge in [0.2, 0.25) is 0 Å². The number of aromatic nitrogens is 1. The van der Waals surface area contributed by atoms with Crippen molar-refractivity contribution in [1.29, 1.82) is 0 Å². The van der Waals surface area contributed by atoms with Crippen LogP contribution in [0.2, 0.25) is 5.02 Å². The number of carbonyl (C=O) groups is 1. The quantitative estimate of drug-likeness (QED) is 0.656. The van der Waals surface area contributed by atoms with Gasteiger partial charge in [-0.05, 0) is 48.5 Å². The highest BCUT2D eigenvalue weighted by molar-refractivity contribution is 7.99. The number of amides is 1. The molecule has 0 saturated carbocycles. The molecule has 0 radical (unpaired) electrons. The first-order valence-corrected chi connectivity index (χ1v) is 8.31. The fourth-order valence-electron chi connectivity index (χ4n) is 2.03. The van der Waals surface area contributed by atoms with E-state index in [1.165, 1.54) is 17.8 Å². The summed E-state index contributed by atoms with van der Waals surface area (Å²) in [5.41, 5.74) is 0.787. The minimum Gasteiger partial charge on any atom is -0.506 e. The molecule has 4 nitrogen and oxygen atoms in total. The molecule has 0 fully saturated rings. The first-order chi connectivity index (χ1) is 11.6. The van der Waals surface area contributed by atoms with Crippen molar-refractivity contribution in [1.82, 2.24) is 4.98 Å². The van der Waals surface area contributed by atoms with E-state index in [-0.39, 0.29) is 11.7 Å². The fourth-order valence-corrected chi connectivity index (χ4v) is 3.03. The standard InChI is InChI=1S/C18H13ClN2O2S/c19-12-7-9-13(10-8-12)24-18-14(4-3-11-20-18)17(23)21-15-5-1-2-6-16(15)22/h1-11,22H,(H,21,23). The summed E-state index contributed by atoms with van der Waals surface area (Å²) in [6.07, 6.45) is 1.63. The second-order valence-electron chi connectivity index (χ2n) is 4.88. The zero-order valence-corrected chi connectivity index (χ0v) is 14.0. The van der Waals surface area contributed by atoms with Gasteiger partial charge >= 0.3 is 0 Å². The molecule has 3 aromatic rings. The van der Waals surface area contributed by atoms with Crippen LogP contribution in [0.5, 0.6) is 5.75 Å². The van der Waals surface area contributed by atoms with Gasteiger partial charge in [-0.3, -0.25) is 4.79 Å². The van der Waals surface area contributed by atoms with E-state index in [2.05, 4.69) is 10.3 Å². The number of phenols is 1. The number of phenolic OH excluding ortho intramolecular Hbond substituents is 1. The molecule has 0 bridgehead atoms. The number of anilines is 1. The van der Waals surface area contributed by atoms with Crippen LogP contribution in [-0.4, -0.2) is 16.0 Å². The maximum atomic E-state index is 12.5. The van der Waals surface area contributed by atoms with Crippen molar-refractivity contribution >= 4 is 35.0 Å². The van der Waals surface area contributed by atoms with Crippen LogP contribution in [0.25, 0.3) is 0 Å². The van der Waals surface area contributed by atoms with Gasteiger partial charge in [0.05, 0.1) is 11.3 Å². The smallest absolute Gasteiger partial charge is 0.258 e. The molecule has 0 aliphatic heterocycles. The van der Waals surface area contributed by atoms with Crippen LogP contribution in [0.4, 0.5) is 5.69 Å². The molecule has 0 saturated heterocycles. The summed E-state index contributed by atoms with van der Waals surface area (Å²) in [6, 6.07) is 17.3. The van der Waals surface area contributed by atoms with Gasteiger partial charge in [0.1, 0.15) is 10.8 Å². The highest BCUT2D eigenvalue weighted by Gasteiger charge is 2.15. The normalized spacial score (nSPS) is 10.4. The van der Waals surface area contributed by atoms with E-state index in [4.69, 9.17) is 11.6 Å². The van der Waals surface area contributed by atoms with Gasteiger partial charge in [-0.25, -0.2) is 4.98 Å². The third-order valence-electron chi connectivity index (χ3n) is 3.20. The molecule has 3 rings (SSSR count). The van der Waals surface area contributed by atoms with Crippen LogP contribution < -0.4 is 5.32 Å². The van der Waals surface area contributed by atoms with E-state index >= 15 is 0 Å². The highest BCUT2D eigenvalue weighted by Crippen LogP contribution is 2.30. The molecule has 0 aliphatic carbocycles. The Balaban J connectivity index is 1.84. The van der Waals surface area contributed by atoms with Crippen molar-refractivity contribution in [3.05, 3.63) is 77.4 Å². The highest BCUT2D eigenvalue weighted by atomic mass is 35.5. The second-order valence-corrected chi connectivity index (χ2v) is 6.38. The van der Waals surface area contributed by atoms with Crippen molar-refractivity contribution in [3.63, 3.8) is 0 Å². The number of pyridine rings is 1.